The molecule has 0 aliphatic heterocycles. The number of amides is 2. The fourth-order valence-corrected chi connectivity index (χ4v) is 0.543. The van der Waals surface area contributed by atoms with E-state index in [0.29, 0.717) is 17.7 Å². The van der Waals surface area contributed by atoms with E-state index in [1.54, 1.807) is 13.8 Å². The van der Waals surface area contributed by atoms with Crippen LogP contribution in [0.4, 0.5) is 0 Å². The quantitative estimate of drug-likeness (QED) is 0.379. The maximum absolute atomic E-state index is 10.6. The molecular weight excluding hydrogens is 224 g/mol. The highest BCUT2D eigenvalue weighted by Gasteiger charge is 1.97. The molecule has 0 aromatic heterocycles. The van der Waals surface area contributed by atoms with Crippen LogP contribution in [0.3, 0.4) is 0 Å². The van der Waals surface area contributed by atoms with Gasteiger partial charge in [0.15, 0.2) is 0 Å². The number of hydrogen-bond donors (Lipinski definition) is 4. The first-order chi connectivity index (χ1) is 7.86. The van der Waals surface area contributed by atoms with Gasteiger partial charge in [-0.3, -0.25) is 9.59 Å². The Kier molecular flexibility index (Phi) is 11.3. The average molecular weight is 244 g/mol. The SMILES string of the molecule is C=C(C)C(=O)NCCO.C=C(C)C(=O)NCO. The lowest BCUT2D eigenvalue weighted by Crippen LogP contribution is -2.26. The Hall–Kier alpha value is -1.66. The van der Waals surface area contributed by atoms with Crippen molar-refractivity contribution in [3.05, 3.63) is 24.3 Å². The van der Waals surface area contributed by atoms with E-state index in [1.807, 2.05) is 0 Å². The fraction of sp³-hybridized carbons (Fsp3) is 0.455. The molecule has 0 saturated carbocycles. The molecule has 0 spiro atoms. The molecule has 0 bridgehead atoms. The lowest BCUT2D eigenvalue weighted by Gasteiger charge is -1.99. The van der Waals surface area contributed by atoms with Crippen molar-refractivity contribution in [3.63, 3.8) is 0 Å². The van der Waals surface area contributed by atoms with Crippen molar-refractivity contribution in [2.75, 3.05) is 19.9 Å². The van der Waals surface area contributed by atoms with Crippen molar-refractivity contribution in [2.24, 2.45) is 0 Å². The third kappa shape index (κ3) is 12.3. The second-order valence-electron chi connectivity index (χ2n) is 3.20. The number of nitrogens with one attached hydrogen (secondary N) is 2. The van der Waals surface area contributed by atoms with E-state index < -0.39 is 0 Å². The van der Waals surface area contributed by atoms with Crippen LogP contribution in [0.25, 0.3) is 0 Å². The van der Waals surface area contributed by atoms with Crippen molar-refractivity contribution in [3.8, 4) is 0 Å². The molecule has 17 heavy (non-hydrogen) atoms. The van der Waals surface area contributed by atoms with Crippen LogP contribution >= 0.6 is 0 Å². The topological polar surface area (TPSA) is 98.7 Å². The molecule has 0 heterocycles. The van der Waals surface area contributed by atoms with Crippen LogP contribution < -0.4 is 10.6 Å². The number of rotatable bonds is 5. The molecule has 0 aromatic rings. The first-order valence-electron chi connectivity index (χ1n) is 4.95. The Morgan fingerprint density at radius 3 is 1.65 bits per heavy atom. The minimum atomic E-state index is -0.328. The summed E-state index contributed by atoms with van der Waals surface area (Å²) in [6, 6.07) is 0. The van der Waals surface area contributed by atoms with Crippen LogP contribution in [0.1, 0.15) is 13.8 Å². The molecule has 0 atom stereocenters. The predicted octanol–water partition coefficient (Wildman–Crippen LogP) is -0.700. The molecule has 0 saturated heterocycles. The van der Waals surface area contributed by atoms with Gasteiger partial charge < -0.3 is 20.8 Å². The van der Waals surface area contributed by atoms with Gasteiger partial charge in [0.1, 0.15) is 6.73 Å². The molecule has 4 N–H and O–H groups in total. The highest BCUT2D eigenvalue weighted by Crippen LogP contribution is 1.83. The van der Waals surface area contributed by atoms with E-state index in [4.69, 9.17) is 10.2 Å². The Morgan fingerprint density at radius 2 is 1.41 bits per heavy atom. The molecule has 98 valence electrons. The van der Waals surface area contributed by atoms with Crippen molar-refractivity contribution in [1.82, 2.24) is 10.6 Å². The minimum Gasteiger partial charge on any atom is -0.395 e. The van der Waals surface area contributed by atoms with Crippen molar-refractivity contribution < 1.29 is 19.8 Å². The van der Waals surface area contributed by atoms with Gasteiger partial charge >= 0.3 is 0 Å². The maximum atomic E-state index is 10.6. The second-order valence-corrected chi connectivity index (χ2v) is 3.20. The summed E-state index contributed by atoms with van der Waals surface area (Å²) in [5.41, 5.74) is 0.863. The Balaban J connectivity index is 0. The zero-order valence-electron chi connectivity index (χ0n) is 10.2. The largest absolute Gasteiger partial charge is 0.395 e. The summed E-state index contributed by atoms with van der Waals surface area (Å²) in [4.78, 5) is 21.0. The molecule has 2 amide bonds. The molecule has 0 radical (unpaired) electrons. The number of aliphatic hydroxyl groups excluding tert-OH is 2. The lowest BCUT2D eigenvalue weighted by atomic mass is 10.3. The van der Waals surface area contributed by atoms with Crippen molar-refractivity contribution in [1.29, 1.82) is 0 Å². The third-order valence-corrected chi connectivity index (χ3v) is 1.41. The van der Waals surface area contributed by atoms with E-state index in [-0.39, 0.29) is 25.2 Å². The fourth-order valence-electron chi connectivity index (χ4n) is 0.543. The Morgan fingerprint density at radius 1 is 1.00 bits per heavy atom. The van der Waals surface area contributed by atoms with Crippen LogP contribution in [0.5, 0.6) is 0 Å². The van der Waals surface area contributed by atoms with E-state index in [1.165, 1.54) is 0 Å². The maximum Gasteiger partial charge on any atom is 0.248 e. The molecule has 0 aliphatic rings. The molecular formula is C11H20N2O4. The second kappa shape index (κ2) is 10.8. The molecule has 0 aliphatic carbocycles. The highest BCUT2D eigenvalue weighted by molar-refractivity contribution is 5.92. The molecule has 0 aromatic carbocycles. The van der Waals surface area contributed by atoms with Gasteiger partial charge in [-0.1, -0.05) is 13.2 Å². The molecule has 6 nitrogen and oxygen atoms in total. The number of aliphatic hydroxyl groups is 2. The van der Waals surface area contributed by atoms with Crippen LogP contribution in [-0.2, 0) is 9.59 Å². The predicted molar refractivity (Wildman–Crippen MR) is 65.0 cm³/mol. The highest BCUT2D eigenvalue weighted by atomic mass is 16.3. The van der Waals surface area contributed by atoms with Crippen LogP contribution in [0.2, 0.25) is 0 Å². The van der Waals surface area contributed by atoms with Gasteiger partial charge in [0.25, 0.3) is 0 Å². The van der Waals surface area contributed by atoms with Crippen LogP contribution in [0.15, 0.2) is 24.3 Å². The van der Waals surface area contributed by atoms with Crippen LogP contribution in [-0.4, -0.2) is 41.9 Å². The normalized spacial score (nSPS) is 8.47. The number of carbonyl (C=O) groups excluding carboxylic acids is 2. The minimum absolute atomic E-state index is 0.0288. The summed E-state index contributed by atoms with van der Waals surface area (Å²) >= 11 is 0. The lowest BCUT2D eigenvalue weighted by molar-refractivity contribution is -0.118. The van der Waals surface area contributed by atoms with Gasteiger partial charge in [0.05, 0.1) is 6.61 Å². The van der Waals surface area contributed by atoms with Gasteiger partial charge in [-0.15, -0.1) is 0 Å². The molecule has 0 unspecified atom stereocenters. The van der Waals surface area contributed by atoms with Gasteiger partial charge in [0, 0.05) is 17.7 Å². The summed E-state index contributed by atoms with van der Waals surface area (Å²) in [5, 5.41) is 21.0. The van der Waals surface area contributed by atoms with E-state index >= 15 is 0 Å². The first-order valence-corrected chi connectivity index (χ1v) is 4.95. The Labute approximate surface area is 101 Å². The smallest absolute Gasteiger partial charge is 0.248 e. The van der Waals surface area contributed by atoms with Crippen LogP contribution in [0, 0.1) is 0 Å². The zero-order valence-corrected chi connectivity index (χ0v) is 10.2. The van der Waals surface area contributed by atoms with Crippen molar-refractivity contribution in [2.45, 2.75) is 13.8 Å². The van der Waals surface area contributed by atoms with Gasteiger partial charge in [-0.25, -0.2) is 0 Å². The summed E-state index contributed by atoms with van der Waals surface area (Å²) < 4.78 is 0. The summed E-state index contributed by atoms with van der Waals surface area (Å²) in [6.07, 6.45) is 0. The zero-order chi connectivity index (χ0) is 13.8. The first kappa shape index (κ1) is 17.7. The van der Waals surface area contributed by atoms with Gasteiger partial charge in [-0.2, -0.15) is 0 Å². The van der Waals surface area contributed by atoms with E-state index in [9.17, 15) is 9.59 Å². The molecule has 0 rings (SSSR count). The number of carbonyl (C=O) groups is 2. The third-order valence-electron chi connectivity index (χ3n) is 1.41. The summed E-state index contributed by atoms with van der Waals surface area (Å²) in [5.74, 6) is -0.517. The average Bonchev–Trinajstić information content (AvgIpc) is 2.26. The van der Waals surface area contributed by atoms with Gasteiger partial charge in [-0.05, 0) is 13.8 Å². The summed E-state index contributed by atoms with van der Waals surface area (Å²) in [6.45, 7) is 9.90. The monoisotopic (exact) mass is 244 g/mol. The summed E-state index contributed by atoms with van der Waals surface area (Å²) in [7, 11) is 0. The number of hydrogen-bond acceptors (Lipinski definition) is 4. The van der Waals surface area contributed by atoms with Crippen molar-refractivity contribution >= 4 is 11.8 Å². The molecule has 0 fully saturated rings. The van der Waals surface area contributed by atoms with E-state index in [2.05, 4.69) is 23.8 Å². The molecule has 6 heteroatoms. The van der Waals surface area contributed by atoms with E-state index in [0.717, 1.165) is 0 Å². The Bertz CT molecular complexity index is 287. The standard InChI is InChI=1S/C6H11NO2.C5H9NO2/c1-5(2)6(9)7-3-4-8;1-4(2)5(8)6-3-7/h8H,1,3-4H2,2H3,(H,7,9);7H,1,3H2,2H3,(H,6,8). The van der Waals surface area contributed by atoms with Gasteiger partial charge in [0.2, 0.25) is 11.8 Å².